The van der Waals surface area contributed by atoms with Crippen molar-refractivity contribution >= 4 is 15.8 Å². The fraction of sp³-hybridized carbons (Fsp3) is 0.389. The molecule has 0 saturated carbocycles. The molecule has 2 rings (SSSR count). The molecule has 0 amide bonds. The summed E-state index contributed by atoms with van der Waals surface area (Å²) < 4.78 is 55.0. The highest BCUT2D eigenvalue weighted by Crippen LogP contribution is 2.20. The van der Waals surface area contributed by atoms with Crippen LogP contribution in [0, 0.1) is 0 Å². The number of pyridine rings is 1. The monoisotopic (exact) mass is 399 g/mol. The second kappa shape index (κ2) is 9.09. The molecule has 1 heterocycles. The van der Waals surface area contributed by atoms with Gasteiger partial charge >= 0.3 is 6.61 Å². The Hall–Kier alpha value is -2.26. The lowest BCUT2D eigenvalue weighted by Gasteiger charge is -2.20. The maximum Gasteiger partial charge on any atom is 0.387 e. The molecular weight excluding hydrogens is 376 g/mol. The van der Waals surface area contributed by atoms with Gasteiger partial charge in [0, 0.05) is 32.9 Å². The van der Waals surface area contributed by atoms with E-state index in [0.29, 0.717) is 25.5 Å². The van der Waals surface area contributed by atoms with E-state index in [0.717, 1.165) is 5.56 Å². The SMILES string of the molecule is CCN(CC)S(=O)(=O)c1ccc(N(C)Cc2ccc(OC(F)F)cc2)nc1. The molecule has 148 valence electrons. The number of ether oxygens (including phenoxy) is 1. The normalized spacial score (nSPS) is 11.8. The summed E-state index contributed by atoms with van der Waals surface area (Å²) in [7, 11) is -1.73. The van der Waals surface area contributed by atoms with Crippen molar-refractivity contribution in [3.63, 3.8) is 0 Å². The molecule has 0 spiro atoms. The zero-order valence-corrected chi connectivity index (χ0v) is 16.3. The van der Waals surface area contributed by atoms with Gasteiger partial charge in [0.2, 0.25) is 10.0 Å². The van der Waals surface area contributed by atoms with Crippen LogP contribution in [0.3, 0.4) is 0 Å². The van der Waals surface area contributed by atoms with Crippen molar-refractivity contribution in [2.24, 2.45) is 0 Å². The molecule has 9 heteroatoms. The topological polar surface area (TPSA) is 62.7 Å². The van der Waals surface area contributed by atoms with E-state index < -0.39 is 16.6 Å². The quantitative estimate of drug-likeness (QED) is 0.647. The molecule has 0 N–H and O–H groups in total. The van der Waals surface area contributed by atoms with Crippen LogP contribution in [-0.4, -0.2) is 44.5 Å². The number of aromatic nitrogens is 1. The average molecular weight is 399 g/mol. The van der Waals surface area contributed by atoms with Crippen LogP contribution in [0.5, 0.6) is 5.75 Å². The van der Waals surface area contributed by atoms with Crippen molar-refractivity contribution in [1.82, 2.24) is 9.29 Å². The van der Waals surface area contributed by atoms with Gasteiger partial charge in [-0.25, -0.2) is 13.4 Å². The van der Waals surface area contributed by atoms with E-state index in [4.69, 9.17) is 0 Å². The third-order valence-electron chi connectivity index (χ3n) is 4.02. The Balaban J connectivity index is 2.08. The molecule has 0 saturated heterocycles. The number of hydrogen-bond donors (Lipinski definition) is 0. The fourth-order valence-electron chi connectivity index (χ4n) is 2.59. The first kappa shape index (κ1) is 21.0. The van der Waals surface area contributed by atoms with Gasteiger partial charge in [0.15, 0.2) is 0 Å². The van der Waals surface area contributed by atoms with E-state index in [9.17, 15) is 17.2 Å². The Kier molecular flexibility index (Phi) is 7.09. The maximum absolute atomic E-state index is 12.5. The van der Waals surface area contributed by atoms with Crippen molar-refractivity contribution < 1.29 is 21.9 Å². The summed E-state index contributed by atoms with van der Waals surface area (Å²) in [5, 5.41) is 0. The van der Waals surface area contributed by atoms with E-state index >= 15 is 0 Å². The molecule has 0 aliphatic rings. The summed E-state index contributed by atoms with van der Waals surface area (Å²) in [5.74, 6) is 0.696. The number of sulfonamides is 1. The predicted octanol–water partition coefficient (Wildman–Crippen LogP) is 3.35. The Bertz CT molecular complexity index is 824. The van der Waals surface area contributed by atoms with E-state index in [1.54, 1.807) is 32.0 Å². The van der Waals surface area contributed by atoms with Gasteiger partial charge in [-0.2, -0.15) is 13.1 Å². The summed E-state index contributed by atoms with van der Waals surface area (Å²) in [6.07, 6.45) is 1.35. The zero-order valence-electron chi connectivity index (χ0n) is 15.5. The number of benzene rings is 1. The van der Waals surface area contributed by atoms with Gasteiger partial charge < -0.3 is 9.64 Å². The van der Waals surface area contributed by atoms with Crippen LogP contribution in [-0.2, 0) is 16.6 Å². The number of halogens is 2. The van der Waals surface area contributed by atoms with Crippen LogP contribution in [0.1, 0.15) is 19.4 Å². The van der Waals surface area contributed by atoms with Gasteiger partial charge in [0.1, 0.15) is 16.5 Å². The molecule has 27 heavy (non-hydrogen) atoms. The summed E-state index contributed by atoms with van der Waals surface area (Å²) in [5.41, 5.74) is 0.876. The van der Waals surface area contributed by atoms with Gasteiger partial charge in [0.25, 0.3) is 0 Å². The minimum Gasteiger partial charge on any atom is -0.435 e. The molecule has 1 aromatic carbocycles. The van der Waals surface area contributed by atoms with Crippen molar-refractivity contribution in [3.05, 3.63) is 48.2 Å². The number of alkyl halides is 2. The molecular formula is C18H23F2N3O3S. The number of rotatable bonds is 9. The minimum absolute atomic E-state index is 0.0977. The van der Waals surface area contributed by atoms with Crippen LogP contribution < -0.4 is 9.64 Å². The van der Waals surface area contributed by atoms with Gasteiger partial charge in [-0.1, -0.05) is 26.0 Å². The number of nitrogens with zero attached hydrogens (tertiary/aromatic N) is 3. The second-order valence-electron chi connectivity index (χ2n) is 5.82. The zero-order chi connectivity index (χ0) is 20.0. The van der Waals surface area contributed by atoms with Gasteiger partial charge in [0.05, 0.1) is 0 Å². The fourth-order valence-corrected chi connectivity index (χ4v) is 4.00. The molecule has 1 aromatic heterocycles. The third-order valence-corrected chi connectivity index (χ3v) is 6.06. The van der Waals surface area contributed by atoms with Crippen molar-refractivity contribution in [2.45, 2.75) is 31.9 Å². The third kappa shape index (κ3) is 5.36. The van der Waals surface area contributed by atoms with Gasteiger partial charge in [-0.05, 0) is 29.8 Å². The minimum atomic E-state index is -3.54. The molecule has 0 fully saturated rings. The van der Waals surface area contributed by atoms with Gasteiger partial charge in [-0.3, -0.25) is 0 Å². The van der Waals surface area contributed by atoms with E-state index in [2.05, 4.69) is 9.72 Å². The first-order chi connectivity index (χ1) is 12.8. The largest absolute Gasteiger partial charge is 0.435 e. The predicted molar refractivity (Wildman–Crippen MR) is 99.5 cm³/mol. The van der Waals surface area contributed by atoms with Crippen LogP contribution in [0.2, 0.25) is 0 Å². The summed E-state index contributed by atoms with van der Waals surface area (Å²) in [6.45, 7) is 1.98. The lowest BCUT2D eigenvalue weighted by molar-refractivity contribution is -0.0498. The smallest absolute Gasteiger partial charge is 0.387 e. The Morgan fingerprint density at radius 3 is 2.19 bits per heavy atom. The Morgan fingerprint density at radius 2 is 1.70 bits per heavy atom. The van der Waals surface area contributed by atoms with Crippen molar-refractivity contribution in [2.75, 3.05) is 25.0 Å². The lowest BCUT2D eigenvalue weighted by atomic mass is 10.2. The summed E-state index contributed by atoms with van der Waals surface area (Å²) in [4.78, 5) is 6.23. The first-order valence-corrected chi connectivity index (χ1v) is 9.93. The molecule has 0 atom stereocenters. The summed E-state index contributed by atoms with van der Waals surface area (Å²) >= 11 is 0. The highest BCUT2D eigenvalue weighted by atomic mass is 32.2. The maximum atomic E-state index is 12.5. The van der Waals surface area contributed by atoms with Crippen LogP contribution in [0.25, 0.3) is 0 Å². The van der Waals surface area contributed by atoms with Gasteiger partial charge in [-0.15, -0.1) is 0 Å². The highest BCUT2D eigenvalue weighted by Gasteiger charge is 2.22. The number of anilines is 1. The Morgan fingerprint density at radius 1 is 1.07 bits per heavy atom. The van der Waals surface area contributed by atoms with E-state index in [1.807, 2.05) is 11.9 Å². The molecule has 0 unspecified atom stereocenters. The molecule has 0 radical (unpaired) electrons. The summed E-state index contributed by atoms with van der Waals surface area (Å²) in [6, 6.07) is 9.50. The molecule has 2 aromatic rings. The first-order valence-electron chi connectivity index (χ1n) is 8.49. The van der Waals surface area contributed by atoms with Crippen LogP contribution in [0.4, 0.5) is 14.6 Å². The molecule has 0 aliphatic carbocycles. The van der Waals surface area contributed by atoms with Crippen LogP contribution in [0.15, 0.2) is 47.5 Å². The molecule has 0 bridgehead atoms. The second-order valence-corrected chi connectivity index (χ2v) is 7.76. The van der Waals surface area contributed by atoms with Crippen LogP contribution >= 0.6 is 0 Å². The van der Waals surface area contributed by atoms with Crippen molar-refractivity contribution in [1.29, 1.82) is 0 Å². The van der Waals surface area contributed by atoms with Crippen molar-refractivity contribution in [3.8, 4) is 5.75 Å². The lowest BCUT2D eigenvalue weighted by Crippen LogP contribution is -2.30. The standard InChI is InChI=1S/C18H23F2N3O3S/c1-4-23(5-2)27(24,25)16-10-11-17(21-12-16)22(3)13-14-6-8-15(9-7-14)26-18(19)20/h6-12,18H,4-5,13H2,1-3H3. The van der Waals surface area contributed by atoms with E-state index in [-0.39, 0.29) is 10.6 Å². The molecule has 0 aliphatic heterocycles. The Labute approximate surface area is 158 Å². The molecule has 6 nitrogen and oxygen atoms in total. The number of hydrogen-bond acceptors (Lipinski definition) is 5. The highest BCUT2D eigenvalue weighted by molar-refractivity contribution is 7.89. The van der Waals surface area contributed by atoms with E-state index in [1.165, 1.54) is 28.7 Å². The average Bonchev–Trinajstić information content (AvgIpc) is 2.64.